The summed E-state index contributed by atoms with van der Waals surface area (Å²) in [6, 6.07) is 0.355. The van der Waals surface area contributed by atoms with Gasteiger partial charge in [-0.25, -0.2) is 0 Å². The molecule has 1 heterocycles. The van der Waals surface area contributed by atoms with Gasteiger partial charge in [-0.15, -0.1) is 0 Å². The molecule has 1 aliphatic heterocycles. The van der Waals surface area contributed by atoms with Crippen LogP contribution in [0.25, 0.3) is 0 Å². The summed E-state index contributed by atoms with van der Waals surface area (Å²) in [6.45, 7) is 9.27. The number of hydrogen-bond donors (Lipinski definition) is 2. The highest BCUT2D eigenvalue weighted by Crippen LogP contribution is 2.40. The van der Waals surface area contributed by atoms with Crippen molar-refractivity contribution in [3.63, 3.8) is 0 Å². The molecule has 0 spiro atoms. The number of hydrogen-bond acceptors (Lipinski definition) is 3. The standard InChI is InChI=1S/C18H34N2O2/c1-4-18(2,3)14-5-7-15(8-6-14)20-17(21)13-22-16-9-11-19-12-10-16/h14-16,19H,4-13H2,1-3H3,(H,20,21). The Kier molecular flexibility index (Phi) is 6.69. The molecular formula is C18H34N2O2. The summed E-state index contributed by atoms with van der Waals surface area (Å²) >= 11 is 0. The predicted octanol–water partition coefficient (Wildman–Crippen LogP) is 2.87. The van der Waals surface area contributed by atoms with Crippen LogP contribution in [0.4, 0.5) is 0 Å². The molecule has 0 bridgehead atoms. The maximum absolute atomic E-state index is 12.0. The molecular weight excluding hydrogens is 276 g/mol. The van der Waals surface area contributed by atoms with E-state index in [1.807, 2.05) is 0 Å². The Hall–Kier alpha value is -0.610. The molecule has 4 heteroatoms. The van der Waals surface area contributed by atoms with Crippen molar-refractivity contribution in [2.75, 3.05) is 19.7 Å². The van der Waals surface area contributed by atoms with Crippen molar-refractivity contribution in [3.8, 4) is 0 Å². The minimum absolute atomic E-state index is 0.0664. The largest absolute Gasteiger partial charge is 0.368 e. The highest BCUT2D eigenvalue weighted by Gasteiger charge is 2.32. The minimum Gasteiger partial charge on any atom is -0.368 e. The zero-order chi connectivity index (χ0) is 16.0. The summed E-state index contributed by atoms with van der Waals surface area (Å²) in [4.78, 5) is 12.0. The molecule has 128 valence electrons. The zero-order valence-electron chi connectivity index (χ0n) is 14.6. The molecule has 0 aromatic carbocycles. The van der Waals surface area contributed by atoms with E-state index in [0.29, 0.717) is 11.5 Å². The number of piperidine rings is 1. The van der Waals surface area contributed by atoms with Crippen LogP contribution in [-0.4, -0.2) is 37.7 Å². The van der Waals surface area contributed by atoms with E-state index in [9.17, 15) is 4.79 Å². The van der Waals surface area contributed by atoms with E-state index in [1.54, 1.807) is 0 Å². The summed E-state index contributed by atoms with van der Waals surface area (Å²) in [5.41, 5.74) is 0.438. The lowest BCUT2D eigenvalue weighted by molar-refractivity contribution is -0.129. The molecule has 1 amide bonds. The van der Waals surface area contributed by atoms with Crippen LogP contribution in [0.3, 0.4) is 0 Å². The number of carbonyl (C=O) groups excluding carboxylic acids is 1. The Balaban J connectivity index is 1.64. The van der Waals surface area contributed by atoms with E-state index in [0.717, 1.165) is 44.7 Å². The van der Waals surface area contributed by atoms with Crippen molar-refractivity contribution in [3.05, 3.63) is 0 Å². The molecule has 0 radical (unpaired) electrons. The summed E-state index contributed by atoms with van der Waals surface area (Å²) < 4.78 is 5.73. The van der Waals surface area contributed by atoms with E-state index < -0.39 is 0 Å². The van der Waals surface area contributed by atoms with Gasteiger partial charge in [0.1, 0.15) is 6.61 Å². The Morgan fingerprint density at radius 3 is 2.36 bits per heavy atom. The fourth-order valence-electron chi connectivity index (χ4n) is 3.73. The number of rotatable bonds is 6. The fraction of sp³-hybridized carbons (Fsp3) is 0.944. The van der Waals surface area contributed by atoms with E-state index in [-0.39, 0.29) is 18.6 Å². The van der Waals surface area contributed by atoms with Crippen LogP contribution >= 0.6 is 0 Å². The van der Waals surface area contributed by atoms with Gasteiger partial charge < -0.3 is 15.4 Å². The van der Waals surface area contributed by atoms with E-state index in [4.69, 9.17) is 4.74 Å². The third-order valence-electron chi connectivity index (χ3n) is 5.85. The topological polar surface area (TPSA) is 50.4 Å². The lowest BCUT2D eigenvalue weighted by Gasteiger charge is -2.39. The van der Waals surface area contributed by atoms with Gasteiger partial charge in [-0.05, 0) is 62.9 Å². The zero-order valence-corrected chi connectivity index (χ0v) is 14.6. The van der Waals surface area contributed by atoms with Crippen LogP contribution in [0, 0.1) is 11.3 Å². The van der Waals surface area contributed by atoms with Crippen molar-refractivity contribution < 1.29 is 9.53 Å². The second kappa shape index (κ2) is 8.30. The van der Waals surface area contributed by atoms with Gasteiger partial charge in [-0.1, -0.05) is 27.2 Å². The average molecular weight is 310 g/mol. The summed E-state index contributed by atoms with van der Waals surface area (Å²) in [5, 5.41) is 6.48. The number of nitrogens with one attached hydrogen (secondary N) is 2. The molecule has 2 N–H and O–H groups in total. The summed E-state index contributed by atoms with van der Waals surface area (Å²) in [6.07, 6.45) is 8.24. The third kappa shape index (κ3) is 5.24. The lowest BCUT2D eigenvalue weighted by atomic mass is 9.69. The maximum atomic E-state index is 12.0. The van der Waals surface area contributed by atoms with E-state index in [1.165, 1.54) is 19.3 Å². The van der Waals surface area contributed by atoms with E-state index >= 15 is 0 Å². The normalized spacial score (nSPS) is 27.6. The number of ether oxygens (including phenoxy) is 1. The molecule has 1 saturated heterocycles. The first kappa shape index (κ1) is 17.7. The van der Waals surface area contributed by atoms with Gasteiger partial charge in [0.15, 0.2) is 0 Å². The second-order valence-electron chi connectivity index (χ2n) is 7.72. The Labute approximate surface area is 135 Å². The highest BCUT2D eigenvalue weighted by molar-refractivity contribution is 5.77. The van der Waals surface area contributed by atoms with Crippen LogP contribution in [0.15, 0.2) is 0 Å². The highest BCUT2D eigenvalue weighted by atomic mass is 16.5. The van der Waals surface area contributed by atoms with Crippen molar-refractivity contribution in [2.45, 2.75) is 77.9 Å². The molecule has 4 nitrogen and oxygen atoms in total. The molecule has 0 unspecified atom stereocenters. The van der Waals surface area contributed by atoms with Crippen LogP contribution in [-0.2, 0) is 9.53 Å². The Morgan fingerprint density at radius 1 is 1.14 bits per heavy atom. The molecule has 2 fully saturated rings. The molecule has 0 aromatic heterocycles. The minimum atomic E-state index is 0.0664. The second-order valence-corrected chi connectivity index (χ2v) is 7.72. The molecule has 1 aliphatic carbocycles. The first-order chi connectivity index (χ1) is 10.5. The molecule has 2 rings (SSSR count). The quantitative estimate of drug-likeness (QED) is 0.793. The molecule has 0 atom stereocenters. The van der Waals surface area contributed by atoms with Crippen molar-refractivity contribution >= 4 is 5.91 Å². The van der Waals surface area contributed by atoms with Crippen molar-refractivity contribution in [1.82, 2.24) is 10.6 Å². The van der Waals surface area contributed by atoms with Crippen molar-refractivity contribution in [2.24, 2.45) is 11.3 Å². The molecule has 22 heavy (non-hydrogen) atoms. The Bertz CT molecular complexity index is 343. The van der Waals surface area contributed by atoms with Gasteiger partial charge in [0.2, 0.25) is 5.91 Å². The number of carbonyl (C=O) groups is 1. The van der Waals surface area contributed by atoms with Gasteiger partial charge >= 0.3 is 0 Å². The molecule has 2 aliphatic rings. The first-order valence-corrected chi connectivity index (χ1v) is 9.13. The predicted molar refractivity (Wildman–Crippen MR) is 89.8 cm³/mol. The summed E-state index contributed by atoms with van der Waals surface area (Å²) in [5.74, 6) is 0.869. The molecule has 1 saturated carbocycles. The lowest BCUT2D eigenvalue weighted by Crippen LogP contribution is -2.42. The Morgan fingerprint density at radius 2 is 1.77 bits per heavy atom. The van der Waals surface area contributed by atoms with Crippen LogP contribution < -0.4 is 10.6 Å². The monoisotopic (exact) mass is 310 g/mol. The first-order valence-electron chi connectivity index (χ1n) is 9.13. The van der Waals surface area contributed by atoms with Gasteiger partial charge in [0.25, 0.3) is 0 Å². The van der Waals surface area contributed by atoms with Gasteiger partial charge in [-0.3, -0.25) is 4.79 Å². The number of amides is 1. The SMILES string of the molecule is CCC(C)(C)C1CCC(NC(=O)COC2CCNCC2)CC1. The van der Waals surface area contributed by atoms with Gasteiger partial charge in [-0.2, -0.15) is 0 Å². The summed E-state index contributed by atoms with van der Waals surface area (Å²) in [7, 11) is 0. The molecule has 0 aromatic rings. The average Bonchev–Trinajstić information content (AvgIpc) is 2.54. The smallest absolute Gasteiger partial charge is 0.246 e. The van der Waals surface area contributed by atoms with Crippen LogP contribution in [0.1, 0.15) is 65.7 Å². The van der Waals surface area contributed by atoms with Crippen LogP contribution in [0.5, 0.6) is 0 Å². The maximum Gasteiger partial charge on any atom is 0.246 e. The third-order valence-corrected chi connectivity index (χ3v) is 5.85. The van der Waals surface area contributed by atoms with Crippen LogP contribution in [0.2, 0.25) is 0 Å². The fourth-order valence-corrected chi connectivity index (χ4v) is 3.73. The van der Waals surface area contributed by atoms with E-state index in [2.05, 4.69) is 31.4 Å². The van der Waals surface area contributed by atoms with Crippen molar-refractivity contribution in [1.29, 1.82) is 0 Å². The van der Waals surface area contributed by atoms with Gasteiger partial charge in [0.05, 0.1) is 6.10 Å². The van der Waals surface area contributed by atoms with Gasteiger partial charge in [0, 0.05) is 6.04 Å².